The van der Waals surface area contributed by atoms with Crippen LogP contribution in [0.1, 0.15) is 52.9 Å². The average Bonchev–Trinajstić information content (AvgIpc) is 3.25. The Morgan fingerprint density at radius 3 is 2.39 bits per heavy atom. The maximum atomic E-state index is 12.9. The van der Waals surface area contributed by atoms with E-state index < -0.39 is 0 Å². The number of hydrogen-bond donors (Lipinski definition) is 1. The minimum absolute atomic E-state index is 0.0428. The summed E-state index contributed by atoms with van der Waals surface area (Å²) in [6.45, 7) is 10.1. The highest BCUT2D eigenvalue weighted by atomic mass is 32.2. The Bertz CT molecular complexity index is 1100. The second kappa shape index (κ2) is 9.51. The van der Waals surface area contributed by atoms with Crippen molar-refractivity contribution in [1.82, 2.24) is 19.7 Å². The number of methoxy groups -OCH3 is 1. The Morgan fingerprint density at radius 2 is 1.84 bits per heavy atom. The summed E-state index contributed by atoms with van der Waals surface area (Å²) in [5.74, 6) is 2.02. The summed E-state index contributed by atoms with van der Waals surface area (Å²) < 4.78 is 7.29. The third kappa shape index (κ3) is 4.90. The van der Waals surface area contributed by atoms with E-state index in [1.165, 1.54) is 18.7 Å². The molecule has 164 valence electrons. The number of aromatic nitrogens is 4. The zero-order valence-electron chi connectivity index (χ0n) is 18.8. The van der Waals surface area contributed by atoms with Gasteiger partial charge in [0, 0.05) is 23.4 Å². The fourth-order valence-electron chi connectivity index (χ4n) is 3.64. The molecule has 0 aliphatic rings. The zero-order valence-corrected chi connectivity index (χ0v) is 19.6. The Kier molecular flexibility index (Phi) is 7.00. The number of rotatable bonds is 9. The minimum atomic E-state index is -0.0665. The topological polar surface area (TPSA) is 89.9 Å². The van der Waals surface area contributed by atoms with E-state index in [1.807, 2.05) is 31.2 Å². The first-order valence-electron chi connectivity index (χ1n) is 10.2. The molecule has 8 heteroatoms. The highest BCUT2D eigenvalue weighted by Crippen LogP contribution is 2.28. The number of ether oxygens (including phenoxy) is 1. The van der Waals surface area contributed by atoms with Gasteiger partial charge in [0.1, 0.15) is 5.75 Å². The number of H-pyrrole nitrogens is 1. The number of carbonyl (C=O) groups excluding carboxylic acids is 2. The molecule has 0 spiro atoms. The summed E-state index contributed by atoms with van der Waals surface area (Å²) in [5, 5.41) is 9.44. The van der Waals surface area contributed by atoms with Crippen molar-refractivity contribution in [2.24, 2.45) is 5.92 Å². The molecule has 0 aliphatic heterocycles. The van der Waals surface area contributed by atoms with Crippen molar-refractivity contribution < 1.29 is 14.3 Å². The van der Waals surface area contributed by atoms with Crippen LogP contribution in [0.15, 0.2) is 29.4 Å². The molecule has 31 heavy (non-hydrogen) atoms. The van der Waals surface area contributed by atoms with Gasteiger partial charge in [-0.25, -0.2) is 0 Å². The first kappa shape index (κ1) is 22.8. The Hall–Kier alpha value is -2.87. The predicted octanol–water partition coefficient (Wildman–Crippen LogP) is 4.73. The maximum absolute atomic E-state index is 12.9. The van der Waals surface area contributed by atoms with Crippen molar-refractivity contribution in [3.63, 3.8) is 0 Å². The fraction of sp³-hybridized carbons (Fsp3) is 0.391. The lowest BCUT2D eigenvalue weighted by Crippen LogP contribution is -2.10. The molecule has 0 atom stereocenters. The molecule has 2 aromatic heterocycles. The largest absolute Gasteiger partial charge is 0.497 e. The highest BCUT2D eigenvalue weighted by Gasteiger charge is 2.22. The van der Waals surface area contributed by atoms with Gasteiger partial charge in [-0.3, -0.25) is 9.59 Å². The number of aromatic amines is 1. The van der Waals surface area contributed by atoms with Gasteiger partial charge < -0.3 is 14.3 Å². The van der Waals surface area contributed by atoms with Crippen LogP contribution in [0.3, 0.4) is 0 Å². The van der Waals surface area contributed by atoms with Crippen LogP contribution < -0.4 is 4.74 Å². The van der Waals surface area contributed by atoms with Crippen LogP contribution in [-0.2, 0) is 6.54 Å². The van der Waals surface area contributed by atoms with E-state index in [1.54, 1.807) is 14.0 Å². The van der Waals surface area contributed by atoms with Crippen LogP contribution in [0.25, 0.3) is 11.4 Å². The van der Waals surface area contributed by atoms with Crippen molar-refractivity contribution in [1.29, 1.82) is 0 Å². The Morgan fingerprint density at radius 1 is 1.16 bits per heavy atom. The van der Waals surface area contributed by atoms with E-state index in [4.69, 9.17) is 4.74 Å². The maximum Gasteiger partial charge on any atom is 0.191 e. The number of nitrogens with one attached hydrogen (secondary N) is 1. The molecule has 0 fully saturated rings. The van der Waals surface area contributed by atoms with E-state index in [0.717, 1.165) is 29.4 Å². The van der Waals surface area contributed by atoms with Gasteiger partial charge in [-0.05, 0) is 56.5 Å². The van der Waals surface area contributed by atoms with Gasteiger partial charge in [0.25, 0.3) is 0 Å². The first-order valence-corrected chi connectivity index (χ1v) is 11.1. The van der Waals surface area contributed by atoms with Gasteiger partial charge in [-0.1, -0.05) is 25.6 Å². The Labute approximate surface area is 186 Å². The molecule has 0 saturated heterocycles. The van der Waals surface area contributed by atoms with E-state index in [0.29, 0.717) is 27.9 Å². The third-order valence-corrected chi connectivity index (χ3v) is 5.98. The van der Waals surface area contributed by atoms with Crippen molar-refractivity contribution >= 4 is 23.3 Å². The molecule has 0 aliphatic carbocycles. The van der Waals surface area contributed by atoms with Gasteiger partial charge >= 0.3 is 0 Å². The van der Waals surface area contributed by atoms with Gasteiger partial charge in [0.15, 0.2) is 22.5 Å². The van der Waals surface area contributed by atoms with Crippen LogP contribution in [-0.4, -0.2) is 44.2 Å². The zero-order chi connectivity index (χ0) is 22.7. The molecule has 0 radical (unpaired) electrons. The van der Waals surface area contributed by atoms with Crippen LogP contribution in [0.5, 0.6) is 5.75 Å². The lowest BCUT2D eigenvalue weighted by atomic mass is 10.1. The molecule has 3 rings (SSSR count). The predicted molar refractivity (Wildman–Crippen MR) is 122 cm³/mol. The van der Waals surface area contributed by atoms with Crippen molar-refractivity contribution in [3.05, 3.63) is 46.8 Å². The number of Topliss-reactive ketones (excluding diaryl/α,β-unsaturated/α-hetero) is 2. The first-order chi connectivity index (χ1) is 14.7. The average molecular weight is 441 g/mol. The second-order valence-corrected chi connectivity index (χ2v) is 8.87. The number of ketones is 2. The fourth-order valence-corrected chi connectivity index (χ4v) is 4.46. The van der Waals surface area contributed by atoms with Crippen molar-refractivity contribution in [2.45, 2.75) is 46.3 Å². The van der Waals surface area contributed by atoms with E-state index >= 15 is 0 Å². The summed E-state index contributed by atoms with van der Waals surface area (Å²) in [5.41, 5.74) is 3.45. The molecular weight excluding hydrogens is 412 g/mol. The van der Waals surface area contributed by atoms with Crippen molar-refractivity contribution in [3.8, 4) is 17.1 Å². The quantitative estimate of drug-likeness (QED) is 0.382. The van der Waals surface area contributed by atoms with Crippen LogP contribution in [0, 0.1) is 19.8 Å². The lowest BCUT2D eigenvalue weighted by Gasteiger charge is -2.12. The number of carbonyl (C=O) groups is 2. The minimum Gasteiger partial charge on any atom is -0.497 e. The number of hydrogen-bond acceptors (Lipinski definition) is 6. The summed E-state index contributed by atoms with van der Waals surface area (Å²) >= 11 is 1.36. The molecule has 0 amide bonds. The third-order valence-electron chi connectivity index (χ3n) is 5.01. The normalized spacial score (nSPS) is 11.2. The summed E-state index contributed by atoms with van der Waals surface area (Å²) in [4.78, 5) is 27.8. The van der Waals surface area contributed by atoms with Gasteiger partial charge in [0.2, 0.25) is 0 Å². The number of aryl methyl sites for hydroxylation is 1. The number of nitrogens with zero attached hydrogens (tertiary/aromatic N) is 3. The van der Waals surface area contributed by atoms with E-state index in [2.05, 4.69) is 33.6 Å². The lowest BCUT2D eigenvalue weighted by molar-refractivity contribution is 0.101. The van der Waals surface area contributed by atoms with Gasteiger partial charge in [0.05, 0.1) is 18.6 Å². The SMILES string of the molecule is COc1ccc(-c2nnc(SCC(=O)c3[nH]c(C)c(C(C)=O)c3C)n2CC(C)C)cc1. The van der Waals surface area contributed by atoms with Crippen LogP contribution >= 0.6 is 11.8 Å². The van der Waals surface area contributed by atoms with Gasteiger partial charge in [-0.15, -0.1) is 10.2 Å². The van der Waals surface area contributed by atoms with E-state index in [-0.39, 0.29) is 17.3 Å². The molecule has 0 unspecified atom stereocenters. The summed E-state index contributed by atoms with van der Waals surface area (Å²) in [6.07, 6.45) is 0. The molecule has 0 saturated carbocycles. The molecule has 3 aromatic rings. The molecule has 1 aromatic carbocycles. The molecular formula is C23H28N4O3S. The summed E-state index contributed by atoms with van der Waals surface area (Å²) in [6, 6.07) is 7.69. The monoisotopic (exact) mass is 440 g/mol. The van der Waals surface area contributed by atoms with Gasteiger partial charge in [-0.2, -0.15) is 0 Å². The highest BCUT2D eigenvalue weighted by molar-refractivity contribution is 7.99. The van der Waals surface area contributed by atoms with E-state index in [9.17, 15) is 9.59 Å². The van der Waals surface area contributed by atoms with Crippen LogP contribution in [0.4, 0.5) is 0 Å². The number of thioether (sulfide) groups is 1. The Balaban J connectivity index is 1.84. The summed E-state index contributed by atoms with van der Waals surface area (Å²) in [7, 11) is 1.63. The molecule has 2 heterocycles. The van der Waals surface area contributed by atoms with Crippen molar-refractivity contribution in [2.75, 3.05) is 12.9 Å². The van der Waals surface area contributed by atoms with Crippen LogP contribution in [0.2, 0.25) is 0 Å². The molecule has 7 nitrogen and oxygen atoms in total. The molecule has 0 bridgehead atoms. The standard InChI is InChI=1S/C23H28N4O3S/c1-13(2)11-27-22(17-7-9-18(30-6)10-8-17)25-26-23(27)31-12-19(29)21-14(3)20(16(5)28)15(4)24-21/h7-10,13,24H,11-12H2,1-6H3. The smallest absolute Gasteiger partial charge is 0.191 e. The second-order valence-electron chi connectivity index (χ2n) is 7.93. The number of benzene rings is 1. The molecule has 1 N–H and O–H groups in total.